The van der Waals surface area contributed by atoms with E-state index in [9.17, 15) is 4.79 Å². The fourth-order valence-corrected chi connectivity index (χ4v) is 3.39. The molecule has 1 aliphatic heterocycles. The van der Waals surface area contributed by atoms with Gasteiger partial charge in [-0.25, -0.2) is 4.79 Å². The summed E-state index contributed by atoms with van der Waals surface area (Å²) >= 11 is 0. The third-order valence-electron chi connectivity index (χ3n) is 5.17. The molecule has 150 valence electrons. The quantitative estimate of drug-likeness (QED) is 0.832. The Labute approximate surface area is 167 Å². The van der Waals surface area contributed by atoms with Crippen LogP contribution in [0.1, 0.15) is 18.1 Å². The summed E-state index contributed by atoms with van der Waals surface area (Å²) in [6, 6.07) is 14.3. The largest absolute Gasteiger partial charge is 0.493 e. The van der Waals surface area contributed by atoms with E-state index in [-0.39, 0.29) is 6.03 Å². The highest BCUT2D eigenvalue weighted by atomic mass is 16.5. The lowest BCUT2D eigenvalue weighted by Crippen LogP contribution is -2.51. The van der Waals surface area contributed by atoms with Crippen LogP contribution in [0.25, 0.3) is 0 Å². The van der Waals surface area contributed by atoms with Crippen LogP contribution in [0.4, 0.5) is 10.5 Å². The van der Waals surface area contributed by atoms with Gasteiger partial charge in [-0.1, -0.05) is 25.1 Å². The molecule has 6 nitrogen and oxygen atoms in total. The van der Waals surface area contributed by atoms with Gasteiger partial charge in [0.05, 0.1) is 14.2 Å². The van der Waals surface area contributed by atoms with Gasteiger partial charge in [-0.15, -0.1) is 0 Å². The lowest BCUT2D eigenvalue weighted by atomic mass is 10.1. The number of aryl methyl sites for hydroxylation is 1. The molecule has 0 aromatic heterocycles. The second-order valence-electron chi connectivity index (χ2n) is 6.84. The van der Waals surface area contributed by atoms with Crippen LogP contribution in [-0.4, -0.2) is 51.3 Å². The predicted octanol–water partition coefficient (Wildman–Crippen LogP) is 3.30. The lowest BCUT2D eigenvalue weighted by molar-refractivity contribution is 0.194. The number of nitrogens with zero attached hydrogens (tertiary/aromatic N) is 2. The molecular formula is C22H29N3O3. The summed E-state index contributed by atoms with van der Waals surface area (Å²) in [4.78, 5) is 16.7. The van der Waals surface area contributed by atoms with Crippen LogP contribution >= 0.6 is 0 Å². The number of methoxy groups -OCH3 is 2. The third-order valence-corrected chi connectivity index (χ3v) is 5.17. The van der Waals surface area contributed by atoms with Crippen molar-refractivity contribution in [3.8, 4) is 11.5 Å². The number of nitrogens with one attached hydrogen (secondary N) is 1. The number of benzene rings is 2. The highest BCUT2D eigenvalue weighted by Crippen LogP contribution is 2.27. The third kappa shape index (κ3) is 4.68. The van der Waals surface area contributed by atoms with Crippen LogP contribution in [-0.2, 0) is 13.0 Å². The first kappa shape index (κ1) is 19.9. The van der Waals surface area contributed by atoms with E-state index in [1.54, 1.807) is 14.2 Å². The monoisotopic (exact) mass is 383 g/mol. The molecule has 1 fully saturated rings. The van der Waals surface area contributed by atoms with Gasteiger partial charge in [0.25, 0.3) is 0 Å². The van der Waals surface area contributed by atoms with Crippen molar-refractivity contribution in [3.63, 3.8) is 0 Å². The summed E-state index contributed by atoms with van der Waals surface area (Å²) in [5.41, 5.74) is 3.54. The molecule has 2 aromatic carbocycles. The number of carbonyl (C=O) groups excluding carboxylic acids is 1. The van der Waals surface area contributed by atoms with Gasteiger partial charge in [-0.2, -0.15) is 0 Å². The summed E-state index contributed by atoms with van der Waals surface area (Å²) in [5, 5.41) is 3.00. The smallest absolute Gasteiger partial charge is 0.317 e. The van der Waals surface area contributed by atoms with Crippen molar-refractivity contribution in [2.24, 2.45) is 0 Å². The Hall–Kier alpha value is -2.89. The average molecular weight is 383 g/mol. The van der Waals surface area contributed by atoms with Gasteiger partial charge in [0.1, 0.15) is 0 Å². The van der Waals surface area contributed by atoms with Gasteiger partial charge in [0.2, 0.25) is 0 Å². The highest BCUT2D eigenvalue weighted by Gasteiger charge is 2.21. The molecule has 0 unspecified atom stereocenters. The molecule has 1 saturated heterocycles. The number of hydrogen-bond donors (Lipinski definition) is 1. The fraction of sp³-hybridized carbons (Fsp3) is 0.409. The maximum absolute atomic E-state index is 12.5. The second-order valence-corrected chi connectivity index (χ2v) is 6.84. The van der Waals surface area contributed by atoms with Crippen molar-refractivity contribution < 1.29 is 14.3 Å². The summed E-state index contributed by atoms with van der Waals surface area (Å²) in [5.74, 6) is 1.35. The van der Waals surface area contributed by atoms with E-state index in [0.29, 0.717) is 31.1 Å². The lowest BCUT2D eigenvalue weighted by Gasteiger charge is -2.36. The molecule has 1 N–H and O–H groups in total. The standard InChI is InChI=1S/C22H29N3O3/c1-4-17-5-8-19(9-6-17)24-11-13-25(14-12-24)22(26)23-16-18-7-10-20(27-2)21(15-18)28-3/h5-10,15H,4,11-14,16H2,1-3H3,(H,23,26). The zero-order valence-corrected chi connectivity index (χ0v) is 16.9. The minimum Gasteiger partial charge on any atom is -0.493 e. The average Bonchev–Trinajstić information content (AvgIpc) is 2.77. The van der Waals surface area contributed by atoms with Crippen LogP contribution in [0.3, 0.4) is 0 Å². The number of ether oxygens (including phenoxy) is 2. The van der Waals surface area contributed by atoms with Crippen molar-refractivity contribution in [2.45, 2.75) is 19.9 Å². The van der Waals surface area contributed by atoms with E-state index in [4.69, 9.17) is 9.47 Å². The minimum atomic E-state index is -0.0317. The van der Waals surface area contributed by atoms with Crippen molar-refractivity contribution >= 4 is 11.7 Å². The molecule has 28 heavy (non-hydrogen) atoms. The number of rotatable bonds is 6. The molecule has 0 spiro atoms. The molecular weight excluding hydrogens is 354 g/mol. The molecule has 2 aromatic rings. The molecule has 0 saturated carbocycles. The van der Waals surface area contributed by atoms with E-state index >= 15 is 0 Å². The van der Waals surface area contributed by atoms with Gasteiger partial charge < -0.3 is 24.6 Å². The Morgan fingerprint density at radius 2 is 1.57 bits per heavy atom. The van der Waals surface area contributed by atoms with E-state index in [2.05, 4.69) is 41.4 Å². The maximum atomic E-state index is 12.5. The van der Waals surface area contributed by atoms with Gasteiger partial charge in [-0.05, 0) is 41.8 Å². The Morgan fingerprint density at radius 1 is 0.929 bits per heavy atom. The van der Waals surface area contributed by atoms with Crippen molar-refractivity contribution in [1.29, 1.82) is 0 Å². The number of carbonyl (C=O) groups is 1. The SMILES string of the molecule is CCc1ccc(N2CCN(C(=O)NCc3ccc(OC)c(OC)c3)CC2)cc1. The molecule has 3 rings (SSSR count). The first-order valence-electron chi connectivity index (χ1n) is 9.72. The number of urea groups is 1. The summed E-state index contributed by atoms with van der Waals surface area (Å²) < 4.78 is 10.6. The number of hydrogen-bond acceptors (Lipinski definition) is 4. The van der Waals surface area contributed by atoms with Crippen molar-refractivity contribution in [1.82, 2.24) is 10.2 Å². The van der Waals surface area contributed by atoms with Crippen LogP contribution in [0.2, 0.25) is 0 Å². The highest BCUT2D eigenvalue weighted by molar-refractivity contribution is 5.74. The first-order chi connectivity index (χ1) is 13.6. The molecule has 2 amide bonds. The molecule has 0 bridgehead atoms. The zero-order chi connectivity index (χ0) is 19.9. The number of amides is 2. The fourth-order valence-electron chi connectivity index (χ4n) is 3.39. The molecule has 0 atom stereocenters. The minimum absolute atomic E-state index is 0.0317. The van der Waals surface area contributed by atoms with Crippen molar-refractivity contribution in [3.05, 3.63) is 53.6 Å². The maximum Gasteiger partial charge on any atom is 0.317 e. The summed E-state index contributed by atoms with van der Waals surface area (Å²) in [7, 11) is 3.21. The van der Waals surface area contributed by atoms with Crippen LogP contribution < -0.4 is 19.7 Å². The second kappa shape index (κ2) is 9.35. The van der Waals surface area contributed by atoms with Crippen LogP contribution in [0.15, 0.2) is 42.5 Å². The van der Waals surface area contributed by atoms with Crippen LogP contribution in [0, 0.1) is 0 Å². The Balaban J connectivity index is 1.49. The Morgan fingerprint density at radius 3 is 2.18 bits per heavy atom. The van der Waals surface area contributed by atoms with Crippen molar-refractivity contribution in [2.75, 3.05) is 45.3 Å². The number of piperazine rings is 1. The van der Waals surface area contributed by atoms with E-state index in [1.807, 2.05) is 23.1 Å². The van der Waals surface area contributed by atoms with E-state index in [0.717, 1.165) is 25.1 Å². The summed E-state index contributed by atoms with van der Waals surface area (Å²) in [6.07, 6.45) is 1.05. The first-order valence-corrected chi connectivity index (χ1v) is 9.72. The normalized spacial score (nSPS) is 14.0. The molecule has 0 aliphatic carbocycles. The van der Waals surface area contributed by atoms with E-state index in [1.165, 1.54) is 11.3 Å². The molecule has 0 radical (unpaired) electrons. The predicted molar refractivity (Wildman–Crippen MR) is 111 cm³/mol. The topological polar surface area (TPSA) is 54.0 Å². The van der Waals surface area contributed by atoms with E-state index < -0.39 is 0 Å². The van der Waals surface area contributed by atoms with Gasteiger partial charge in [0, 0.05) is 38.4 Å². The number of anilines is 1. The zero-order valence-electron chi connectivity index (χ0n) is 16.9. The molecule has 1 heterocycles. The Bertz CT molecular complexity index is 784. The summed E-state index contributed by atoms with van der Waals surface area (Å²) in [6.45, 7) is 5.73. The Kier molecular flexibility index (Phi) is 6.63. The van der Waals surface area contributed by atoms with Gasteiger partial charge in [0.15, 0.2) is 11.5 Å². The van der Waals surface area contributed by atoms with Crippen LogP contribution in [0.5, 0.6) is 11.5 Å². The molecule has 1 aliphatic rings. The van der Waals surface area contributed by atoms with Gasteiger partial charge in [-0.3, -0.25) is 0 Å². The molecule has 6 heteroatoms. The van der Waals surface area contributed by atoms with Gasteiger partial charge >= 0.3 is 6.03 Å².